The molecule has 0 unspecified atom stereocenters. The number of amides is 4. The van der Waals surface area contributed by atoms with Crippen LogP contribution in [-0.4, -0.2) is 49.5 Å². The molecule has 4 rings (SSSR count). The van der Waals surface area contributed by atoms with E-state index < -0.39 is 23.8 Å². The van der Waals surface area contributed by atoms with E-state index in [4.69, 9.17) is 25.5 Å². The van der Waals surface area contributed by atoms with Crippen molar-refractivity contribution >= 4 is 47.2 Å². The molecule has 3 aromatic rings. The van der Waals surface area contributed by atoms with Crippen LogP contribution in [0.2, 0.25) is 5.02 Å². The molecular weight excluding hydrogens is 530 g/mol. The predicted molar refractivity (Wildman–Crippen MR) is 140 cm³/mol. The topological polar surface area (TPSA) is 136 Å². The smallest absolute Gasteiger partial charge is 0.373 e. The maximum absolute atomic E-state index is 13.0. The normalized spacial score (nSPS) is 13.8. The van der Waals surface area contributed by atoms with E-state index in [2.05, 4.69) is 15.4 Å². The minimum atomic E-state index is -0.698. The van der Waals surface area contributed by atoms with Crippen molar-refractivity contribution in [2.45, 2.75) is 13.5 Å². The van der Waals surface area contributed by atoms with Gasteiger partial charge >= 0.3 is 12.0 Å². The van der Waals surface area contributed by atoms with Gasteiger partial charge in [0.25, 0.3) is 11.8 Å². The zero-order valence-electron chi connectivity index (χ0n) is 21.2. The molecule has 1 aromatic heterocycles. The highest BCUT2D eigenvalue weighted by molar-refractivity contribution is 6.31. The highest BCUT2D eigenvalue weighted by atomic mass is 35.5. The van der Waals surface area contributed by atoms with E-state index in [1.807, 2.05) is 19.1 Å². The van der Waals surface area contributed by atoms with Gasteiger partial charge in [-0.05, 0) is 42.8 Å². The lowest BCUT2D eigenvalue weighted by molar-refractivity contribution is -0.123. The second-order valence-corrected chi connectivity index (χ2v) is 8.75. The van der Waals surface area contributed by atoms with E-state index in [0.717, 1.165) is 10.5 Å². The summed E-state index contributed by atoms with van der Waals surface area (Å²) in [6, 6.07) is 12.4. The first-order chi connectivity index (χ1) is 18.7. The summed E-state index contributed by atoms with van der Waals surface area (Å²) in [7, 11) is 2.61. The van der Waals surface area contributed by atoms with Crippen LogP contribution in [0.3, 0.4) is 0 Å². The SMILES string of the molecule is COC(=O)c1ccc(CN2C(=O)N/C(=C/c3cc(Cl)cc(OC)c3OCC(=O)Nc3ccccc3C)C2=O)o1. The predicted octanol–water partition coefficient (Wildman–Crippen LogP) is 4.15. The number of carbonyl (C=O) groups is 4. The van der Waals surface area contributed by atoms with Gasteiger partial charge < -0.3 is 29.3 Å². The number of halogens is 1. The second-order valence-electron chi connectivity index (χ2n) is 8.32. The first-order valence-electron chi connectivity index (χ1n) is 11.6. The summed E-state index contributed by atoms with van der Waals surface area (Å²) in [5.41, 5.74) is 1.75. The second kappa shape index (κ2) is 11.7. The van der Waals surface area contributed by atoms with Crippen LogP contribution in [-0.2, 0) is 20.9 Å². The molecule has 1 aliphatic rings. The average Bonchev–Trinajstić information content (AvgIpc) is 3.49. The number of anilines is 1. The zero-order chi connectivity index (χ0) is 28.1. The van der Waals surface area contributed by atoms with E-state index in [1.54, 1.807) is 12.1 Å². The Hall–Kier alpha value is -4.77. The van der Waals surface area contributed by atoms with Crippen LogP contribution < -0.4 is 20.1 Å². The maximum atomic E-state index is 13.0. The molecular formula is C27H24ClN3O8. The Bertz CT molecular complexity index is 1480. The Labute approximate surface area is 228 Å². The maximum Gasteiger partial charge on any atom is 0.373 e. The fourth-order valence-corrected chi connectivity index (χ4v) is 3.96. The van der Waals surface area contributed by atoms with Gasteiger partial charge in [0.1, 0.15) is 11.5 Å². The highest BCUT2D eigenvalue weighted by Crippen LogP contribution is 2.36. The third kappa shape index (κ3) is 6.21. The summed E-state index contributed by atoms with van der Waals surface area (Å²) in [4.78, 5) is 50.7. The van der Waals surface area contributed by atoms with E-state index in [1.165, 1.54) is 44.6 Å². The molecule has 2 heterocycles. The molecule has 2 aromatic carbocycles. The van der Waals surface area contributed by atoms with Crippen LogP contribution in [0.1, 0.15) is 27.4 Å². The molecule has 0 aliphatic carbocycles. The molecule has 11 nitrogen and oxygen atoms in total. The molecule has 2 N–H and O–H groups in total. The minimum absolute atomic E-state index is 0.0606. The van der Waals surface area contributed by atoms with Gasteiger partial charge in [-0.25, -0.2) is 9.59 Å². The number of aryl methyl sites for hydroxylation is 1. The number of benzene rings is 2. The third-order valence-corrected chi connectivity index (χ3v) is 5.88. The third-order valence-electron chi connectivity index (χ3n) is 5.66. The van der Waals surface area contributed by atoms with Crippen LogP contribution in [0.25, 0.3) is 6.08 Å². The fourth-order valence-electron chi connectivity index (χ4n) is 3.74. The van der Waals surface area contributed by atoms with Gasteiger partial charge in [0, 0.05) is 22.3 Å². The number of ether oxygens (including phenoxy) is 3. The number of hydrogen-bond acceptors (Lipinski definition) is 8. The summed E-state index contributed by atoms with van der Waals surface area (Å²) in [5, 5.41) is 5.55. The van der Waals surface area contributed by atoms with Crippen molar-refractivity contribution in [1.82, 2.24) is 10.2 Å². The number of urea groups is 1. The van der Waals surface area contributed by atoms with Gasteiger partial charge in [-0.3, -0.25) is 14.5 Å². The van der Waals surface area contributed by atoms with Gasteiger partial charge in [0.05, 0.1) is 20.8 Å². The van der Waals surface area contributed by atoms with Crippen molar-refractivity contribution < 1.29 is 37.8 Å². The Morgan fingerprint density at radius 3 is 2.62 bits per heavy atom. The molecule has 1 fully saturated rings. The van der Waals surface area contributed by atoms with E-state index >= 15 is 0 Å². The van der Waals surface area contributed by atoms with Gasteiger partial charge in [-0.15, -0.1) is 0 Å². The largest absolute Gasteiger partial charge is 0.493 e. The molecule has 12 heteroatoms. The number of nitrogens with zero attached hydrogens (tertiary/aromatic N) is 1. The number of furan rings is 1. The van der Waals surface area contributed by atoms with Gasteiger partial charge in [-0.2, -0.15) is 0 Å². The number of carbonyl (C=O) groups excluding carboxylic acids is 4. The van der Waals surface area contributed by atoms with E-state index in [-0.39, 0.29) is 46.9 Å². The van der Waals surface area contributed by atoms with Crippen LogP contribution in [0.4, 0.5) is 10.5 Å². The van der Waals surface area contributed by atoms with Gasteiger partial charge in [0.15, 0.2) is 18.1 Å². The molecule has 0 radical (unpaired) electrons. The molecule has 0 spiro atoms. The molecule has 0 bridgehead atoms. The summed E-state index contributed by atoms with van der Waals surface area (Å²) in [6.45, 7) is 1.28. The van der Waals surface area contributed by atoms with Crippen molar-refractivity contribution in [2.75, 3.05) is 26.1 Å². The fraction of sp³-hybridized carbons (Fsp3) is 0.185. The lowest BCUT2D eigenvalue weighted by Gasteiger charge is -2.15. The van der Waals surface area contributed by atoms with Crippen LogP contribution in [0.15, 0.2) is 58.6 Å². The molecule has 1 saturated heterocycles. The van der Waals surface area contributed by atoms with Crippen molar-refractivity contribution in [1.29, 1.82) is 0 Å². The lowest BCUT2D eigenvalue weighted by Crippen LogP contribution is -2.30. The lowest BCUT2D eigenvalue weighted by atomic mass is 10.1. The minimum Gasteiger partial charge on any atom is -0.493 e. The zero-order valence-corrected chi connectivity index (χ0v) is 22.0. The Morgan fingerprint density at radius 2 is 1.90 bits per heavy atom. The summed E-state index contributed by atoms with van der Waals surface area (Å²) >= 11 is 6.24. The average molecular weight is 554 g/mol. The summed E-state index contributed by atoms with van der Waals surface area (Å²) in [6.07, 6.45) is 1.37. The Morgan fingerprint density at radius 1 is 1.13 bits per heavy atom. The van der Waals surface area contributed by atoms with Crippen molar-refractivity contribution in [3.8, 4) is 11.5 Å². The Balaban J connectivity index is 1.54. The number of nitrogens with one attached hydrogen (secondary N) is 2. The standard InChI is InChI=1S/C27H24ClN3O8/c1-15-6-4-5-7-19(15)29-23(32)14-38-24-16(10-17(28)12-22(24)36-2)11-20-25(33)31(27(35)30-20)13-18-8-9-21(39-18)26(34)37-3/h4-12H,13-14H2,1-3H3,(H,29,32)(H,30,35)/b20-11+. The van der Waals surface area contributed by atoms with Crippen LogP contribution in [0, 0.1) is 6.92 Å². The van der Waals surface area contributed by atoms with E-state index in [9.17, 15) is 19.2 Å². The van der Waals surface area contributed by atoms with Crippen molar-refractivity contribution in [2.24, 2.45) is 0 Å². The first kappa shape index (κ1) is 27.3. The first-order valence-corrected chi connectivity index (χ1v) is 11.9. The molecule has 0 saturated carbocycles. The number of para-hydroxylation sites is 1. The van der Waals surface area contributed by atoms with E-state index in [0.29, 0.717) is 11.3 Å². The van der Waals surface area contributed by atoms with Crippen molar-refractivity contribution in [3.05, 3.63) is 81.9 Å². The van der Waals surface area contributed by atoms with Crippen molar-refractivity contribution in [3.63, 3.8) is 0 Å². The highest BCUT2D eigenvalue weighted by Gasteiger charge is 2.35. The molecule has 202 valence electrons. The van der Waals surface area contributed by atoms with Crippen LogP contribution in [0.5, 0.6) is 11.5 Å². The Kier molecular flexibility index (Phi) is 8.21. The van der Waals surface area contributed by atoms with Crippen LogP contribution >= 0.6 is 11.6 Å². The number of rotatable bonds is 9. The number of methoxy groups -OCH3 is 2. The molecule has 39 heavy (non-hydrogen) atoms. The molecule has 1 aliphatic heterocycles. The number of esters is 1. The van der Waals surface area contributed by atoms with Gasteiger partial charge in [0.2, 0.25) is 5.76 Å². The summed E-state index contributed by atoms with van der Waals surface area (Å²) < 4.78 is 21.1. The number of hydrogen-bond donors (Lipinski definition) is 2. The number of imide groups is 1. The summed E-state index contributed by atoms with van der Waals surface area (Å²) in [5.74, 6) is -1.25. The monoisotopic (exact) mass is 553 g/mol. The quantitative estimate of drug-likeness (QED) is 0.229. The molecule has 0 atom stereocenters. The van der Waals surface area contributed by atoms with Gasteiger partial charge in [-0.1, -0.05) is 29.8 Å². The molecule has 4 amide bonds.